The molecule has 0 saturated carbocycles. The zero-order chi connectivity index (χ0) is 12.1. The highest BCUT2D eigenvalue weighted by atomic mass is 16.5. The molecule has 1 aliphatic rings. The third-order valence-corrected chi connectivity index (χ3v) is 3.51. The summed E-state index contributed by atoms with van der Waals surface area (Å²) in [6, 6.07) is 9.30. The number of rotatable bonds is 5. The maximum absolute atomic E-state index is 5.82. The van der Waals surface area contributed by atoms with Crippen molar-refractivity contribution in [2.45, 2.75) is 45.3 Å². The summed E-state index contributed by atoms with van der Waals surface area (Å²) >= 11 is 0. The Morgan fingerprint density at radius 3 is 2.59 bits per heavy atom. The molecule has 2 rings (SSSR count). The standard InChI is InChI=1S/C15H23NO/c1-3-12-7-9-13(10-8-12)15(16-4-2)14-6-5-11-17-14/h7-10,14-16H,3-6,11H2,1-2H3. The Morgan fingerprint density at radius 2 is 2.06 bits per heavy atom. The van der Waals surface area contributed by atoms with Crippen molar-refractivity contribution in [1.29, 1.82) is 0 Å². The molecule has 0 aromatic heterocycles. The third-order valence-electron chi connectivity index (χ3n) is 3.51. The Labute approximate surface area is 104 Å². The van der Waals surface area contributed by atoms with Crippen molar-refractivity contribution in [1.82, 2.24) is 5.32 Å². The fourth-order valence-electron chi connectivity index (χ4n) is 2.51. The van der Waals surface area contributed by atoms with Crippen molar-refractivity contribution in [2.75, 3.05) is 13.2 Å². The normalized spacial score (nSPS) is 21.6. The Hall–Kier alpha value is -0.860. The quantitative estimate of drug-likeness (QED) is 0.844. The first kappa shape index (κ1) is 12.6. The molecule has 1 heterocycles. The van der Waals surface area contributed by atoms with Crippen LogP contribution in [0.4, 0.5) is 0 Å². The number of likely N-dealkylation sites (N-methyl/N-ethyl adjacent to an activating group) is 1. The monoisotopic (exact) mass is 233 g/mol. The zero-order valence-corrected chi connectivity index (χ0v) is 10.9. The van der Waals surface area contributed by atoms with Crippen LogP contribution in [0.25, 0.3) is 0 Å². The van der Waals surface area contributed by atoms with Crippen LogP contribution in [0.5, 0.6) is 0 Å². The molecule has 0 amide bonds. The summed E-state index contributed by atoms with van der Waals surface area (Å²) in [4.78, 5) is 0. The third kappa shape index (κ3) is 3.08. The molecule has 2 unspecified atom stereocenters. The Balaban J connectivity index is 2.12. The van der Waals surface area contributed by atoms with Gasteiger partial charge in [-0.1, -0.05) is 38.1 Å². The predicted octanol–water partition coefficient (Wildman–Crippen LogP) is 3.08. The summed E-state index contributed by atoms with van der Waals surface area (Å²) in [5, 5.41) is 3.55. The van der Waals surface area contributed by atoms with Gasteiger partial charge in [-0.2, -0.15) is 0 Å². The maximum atomic E-state index is 5.82. The molecule has 1 N–H and O–H groups in total. The van der Waals surface area contributed by atoms with Gasteiger partial charge in [0, 0.05) is 6.61 Å². The molecule has 1 saturated heterocycles. The molecule has 1 aromatic rings. The van der Waals surface area contributed by atoms with Crippen molar-refractivity contribution in [3.63, 3.8) is 0 Å². The van der Waals surface area contributed by atoms with Crippen LogP contribution in [-0.4, -0.2) is 19.3 Å². The van der Waals surface area contributed by atoms with E-state index in [0.29, 0.717) is 12.1 Å². The first-order valence-electron chi connectivity index (χ1n) is 6.79. The first-order valence-corrected chi connectivity index (χ1v) is 6.79. The molecular formula is C15H23NO. The van der Waals surface area contributed by atoms with Crippen LogP contribution in [0.3, 0.4) is 0 Å². The van der Waals surface area contributed by atoms with E-state index in [9.17, 15) is 0 Å². The largest absolute Gasteiger partial charge is 0.376 e. The van der Waals surface area contributed by atoms with E-state index < -0.39 is 0 Å². The van der Waals surface area contributed by atoms with Gasteiger partial charge in [-0.3, -0.25) is 0 Å². The van der Waals surface area contributed by atoms with Crippen LogP contribution in [0.15, 0.2) is 24.3 Å². The van der Waals surface area contributed by atoms with E-state index in [0.717, 1.165) is 19.6 Å². The molecule has 2 heteroatoms. The van der Waals surface area contributed by atoms with Gasteiger partial charge in [0.1, 0.15) is 0 Å². The minimum Gasteiger partial charge on any atom is -0.376 e. The van der Waals surface area contributed by atoms with E-state index in [1.165, 1.54) is 24.0 Å². The van der Waals surface area contributed by atoms with Gasteiger partial charge in [-0.05, 0) is 36.9 Å². The Kier molecular flexibility index (Phi) is 4.57. The van der Waals surface area contributed by atoms with Crippen molar-refractivity contribution < 1.29 is 4.74 Å². The van der Waals surface area contributed by atoms with Gasteiger partial charge in [0.25, 0.3) is 0 Å². The Bertz CT molecular complexity index is 327. The van der Waals surface area contributed by atoms with Crippen LogP contribution in [0.2, 0.25) is 0 Å². The second kappa shape index (κ2) is 6.18. The second-order valence-corrected chi connectivity index (χ2v) is 4.68. The van der Waals surface area contributed by atoms with Crippen molar-refractivity contribution in [2.24, 2.45) is 0 Å². The van der Waals surface area contributed by atoms with Gasteiger partial charge in [-0.15, -0.1) is 0 Å². The molecule has 0 radical (unpaired) electrons. The van der Waals surface area contributed by atoms with E-state index in [2.05, 4.69) is 43.4 Å². The average molecular weight is 233 g/mol. The highest BCUT2D eigenvalue weighted by Gasteiger charge is 2.26. The van der Waals surface area contributed by atoms with E-state index >= 15 is 0 Å². The van der Waals surface area contributed by atoms with Crippen LogP contribution < -0.4 is 5.32 Å². The van der Waals surface area contributed by atoms with Gasteiger partial charge in [-0.25, -0.2) is 0 Å². The summed E-state index contributed by atoms with van der Waals surface area (Å²) < 4.78 is 5.82. The van der Waals surface area contributed by atoms with Gasteiger partial charge < -0.3 is 10.1 Å². The van der Waals surface area contributed by atoms with Gasteiger partial charge in [0.2, 0.25) is 0 Å². The first-order chi connectivity index (χ1) is 8.35. The van der Waals surface area contributed by atoms with Crippen LogP contribution in [0, 0.1) is 0 Å². The topological polar surface area (TPSA) is 21.3 Å². The smallest absolute Gasteiger partial charge is 0.0770 e. The predicted molar refractivity (Wildman–Crippen MR) is 71.2 cm³/mol. The van der Waals surface area contributed by atoms with Gasteiger partial charge >= 0.3 is 0 Å². The minimum absolute atomic E-state index is 0.349. The van der Waals surface area contributed by atoms with Crippen molar-refractivity contribution in [3.8, 4) is 0 Å². The SMILES string of the molecule is CCNC(c1ccc(CC)cc1)C1CCCO1. The summed E-state index contributed by atoms with van der Waals surface area (Å²) in [5.41, 5.74) is 2.76. The number of hydrogen-bond acceptors (Lipinski definition) is 2. The lowest BCUT2D eigenvalue weighted by molar-refractivity contribution is 0.0788. The molecule has 1 aliphatic heterocycles. The second-order valence-electron chi connectivity index (χ2n) is 4.68. The number of nitrogens with one attached hydrogen (secondary N) is 1. The summed E-state index contributed by atoms with van der Waals surface area (Å²) in [5.74, 6) is 0. The lowest BCUT2D eigenvalue weighted by Gasteiger charge is -2.24. The number of aryl methyl sites for hydroxylation is 1. The van der Waals surface area contributed by atoms with E-state index in [1.54, 1.807) is 0 Å². The minimum atomic E-state index is 0.349. The van der Waals surface area contributed by atoms with Gasteiger partial charge in [0.15, 0.2) is 0 Å². The maximum Gasteiger partial charge on any atom is 0.0770 e. The lowest BCUT2D eigenvalue weighted by atomic mass is 9.98. The van der Waals surface area contributed by atoms with Crippen LogP contribution in [-0.2, 0) is 11.2 Å². The fourth-order valence-corrected chi connectivity index (χ4v) is 2.51. The molecule has 2 atom stereocenters. The van der Waals surface area contributed by atoms with E-state index in [-0.39, 0.29) is 0 Å². The van der Waals surface area contributed by atoms with Gasteiger partial charge in [0.05, 0.1) is 12.1 Å². The molecule has 1 aromatic carbocycles. The summed E-state index contributed by atoms with van der Waals surface area (Å²) in [6.07, 6.45) is 3.82. The van der Waals surface area contributed by atoms with Crippen LogP contribution in [0.1, 0.15) is 43.9 Å². The molecule has 17 heavy (non-hydrogen) atoms. The molecule has 94 valence electrons. The molecule has 2 nitrogen and oxygen atoms in total. The highest BCUT2D eigenvalue weighted by molar-refractivity contribution is 5.26. The average Bonchev–Trinajstić information content (AvgIpc) is 2.90. The number of hydrogen-bond donors (Lipinski definition) is 1. The highest BCUT2D eigenvalue weighted by Crippen LogP contribution is 2.27. The molecular weight excluding hydrogens is 210 g/mol. The van der Waals surface area contributed by atoms with Crippen LogP contribution >= 0.6 is 0 Å². The van der Waals surface area contributed by atoms with Crippen molar-refractivity contribution in [3.05, 3.63) is 35.4 Å². The fraction of sp³-hybridized carbons (Fsp3) is 0.600. The molecule has 0 aliphatic carbocycles. The Morgan fingerprint density at radius 1 is 1.29 bits per heavy atom. The summed E-state index contributed by atoms with van der Waals surface area (Å²) in [7, 11) is 0. The van der Waals surface area contributed by atoms with E-state index in [1.807, 2.05) is 0 Å². The zero-order valence-electron chi connectivity index (χ0n) is 10.9. The summed E-state index contributed by atoms with van der Waals surface area (Å²) in [6.45, 7) is 6.25. The lowest BCUT2D eigenvalue weighted by Crippen LogP contribution is -2.31. The van der Waals surface area contributed by atoms with Crippen molar-refractivity contribution >= 4 is 0 Å². The number of benzene rings is 1. The molecule has 0 bridgehead atoms. The van der Waals surface area contributed by atoms with E-state index in [4.69, 9.17) is 4.74 Å². The molecule has 0 spiro atoms. The number of ether oxygens (including phenoxy) is 1. The molecule has 1 fully saturated rings.